The van der Waals surface area contributed by atoms with Gasteiger partial charge in [-0.2, -0.15) is 0 Å². The van der Waals surface area contributed by atoms with Crippen molar-refractivity contribution in [3.05, 3.63) is 77.9 Å². The first-order valence-corrected chi connectivity index (χ1v) is 10.7. The van der Waals surface area contributed by atoms with E-state index in [2.05, 4.69) is 17.4 Å². The maximum Gasteiger partial charge on any atom is 0.317 e. The molecule has 0 atom stereocenters. The van der Waals surface area contributed by atoms with Crippen molar-refractivity contribution in [2.75, 3.05) is 21.1 Å². The number of nitrogens with zero attached hydrogens (tertiary/aromatic N) is 2. The van der Waals surface area contributed by atoms with Crippen LogP contribution in [0.3, 0.4) is 0 Å². The number of urea groups is 1. The highest BCUT2D eigenvalue weighted by Gasteiger charge is 2.21. The molecular weight excluding hydrogens is 386 g/mol. The van der Waals surface area contributed by atoms with Crippen molar-refractivity contribution in [3.8, 4) is 0 Å². The minimum absolute atomic E-state index is 0.129. The number of benzene rings is 3. The van der Waals surface area contributed by atoms with Gasteiger partial charge in [-0.1, -0.05) is 54.6 Å². The summed E-state index contributed by atoms with van der Waals surface area (Å²) in [6.45, 7) is 0.582. The second-order valence-electron chi connectivity index (χ2n) is 7.09. The molecule has 0 aliphatic heterocycles. The first kappa shape index (κ1) is 20.8. The second kappa shape index (κ2) is 8.63. The zero-order valence-electron chi connectivity index (χ0n) is 16.8. The molecular formula is C22H25N3O3S. The molecule has 0 aliphatic carbocycles. The van der Waals surface area contributed by atoms with Crippen molar-refractivity contribution >= 4 is 26.8 Å². The van der Waals surface area contributed by atoms with Gasteiger partial charge in [-0.25, -0.2) is 17.5 Å². The minimum atomic E-state index is -3.58. The summed E-state index contributed by atoms with van der Waals surface area (Å²) in [6.07, 6.45) is 0. The molecule has 0 saturated carbocycles. The van der Waals surface area contributed by atoms with Crippen molar-refractivity contribution in [2.45, 2.75) is 18.0 Å². The molecule has 3 aromatic rings. The normalized spacial score (nSPS) is 11.6. The quantitative estimate of drug-likeness (QED) is 0.676. The third-order valence-electron chi connectivity index (χ3n) is 4.74. The predicted octanol–water partition coefficient (Wildman–Crippen LogP) is 3.43. The SMILES string of the molecule is CN(Cc1ccc2ccccc2c1)C(=O)NCc1ccccc1S(=O)(=O)N(C)C. The molecule has 0 bridgehead atoms. The van der Waals surface area contributed by atoms with Crippen molar-refractivity contribution in [3.63, 3.8) is 0 Å². The largest absolute Gasteiger partial charge is 0.334 e. The topological polar surface area (TPSA) is 69.7 Å². The summed E-state index contributed by atoms with van der Waals surface area (Å²) in [6, 6.07) is 20.6. The number of rotatable bonds is 6. The van der Waals surface area contributed by atoms with Gasteiger partial charge in [0.05, 0.1) is 4.90 Å². The number of hydrogen-bond donors (Lipinski definition) is 1. The maximum absolute atomic E-state index is 12.5. The Morgan fingerprint density at radius 1 is 0.897 bits per heavy atom. The number of carbonyl (C=O) groups excluding carboxylic acids is 1. The maximum atomic E-state index is 12.5. The molecule has 3 aromatic carbocycles. The van der Waals surface area contributed by atoms with Gasteiger partial charge in [0.15, 0.2) is 0 Å². The van der Waals surface area contributed by atoms with Crippen molar-refractivity contribution in [2.24, 2.45) is 0 Å². The van der Waals surface area contributed by atoms with Gasteiger partial charge in [0, 0.05) is 34.2 Å². The van der Waals surface area contributed by atoms with Gasteiger partial charge < -0.3 is 10.2 Å². The number of sulfonamides is 1. The van der Waals surface area contributed by atoms with Crippen LogP contribution < -0.4 is 5.32 Å². The average molecular weight is 412 g/mol. The lowest BCUT2D eigenvalue weighted by Gasteiger charge is -2.20. The molecule has 29 heavy (non-hydrogen) atoms. The Kier molecular flexibility index (Phi) is 6.20. The lowest BCUT2D eigenvalue weighted by molar-refractivity contribution is 0.206. The summed E-state index contributed by atoms with van der Waals surface area (Å²) >= 11 is 0. The molecule has 2 amide bonds. The summed E-state index contributed by atoms with van der Waals surface area (Å²) in [5.74, 6) is 0. The van der Waals surface area contributed by atoms with Crippen LogP contribution in [-0.4, -0.2) is 44.8 Å². The van der Waals surface area contributed by atoms with E-state index in [0.29, 0.717) is 12.1 Å². The fourth-order valence-electron chi connectivity index (χ4n) is 3.09. The van der Waals surface area contributed by atoms with Crippen LogP contribution in [0.4, 0.5) is 4.79 Å². The van der Waals surface area contributed by atoms with E-state index in [1.165, 1.54) is 18.4 Å². The van der Waals surface area contributed by atoms with E-state index in [0.717, 1.165) is 16.3 Å². The Bertz CT molecular complexity index is 1130. The molecule has 0 saturated heterocycles. The molecule has 152 valence electrons. The molecule has 1 N–H and O–H groups in total. The van der Waals surface area contributed by atoms with E-state index in [-0.39, 0.29) is 17.5 Å². The number of hydrogen-bond acceptors (Lipinski definition) is 3. The summed E-state index contributed by atoms with van der Waals surface area (Å²) in [5.41, 5.74) is 1.57. The van der Waals surface area contributed by atoms with Gasteiger partial charge in [0.1, 0.15) is 0 Å². The molecule has 0 radical (unpaired) electrons. The van der Waals surface area contributed by atoms with Crippen LogP contribution in [0.15, 0.2) is 71.6 Å². The molecule has 0 fully saturated rings. The fraction of sp³-hybridized carbons (Fsp3) is 0.227. The van der Waals surface area contributed by atoms with E-state index < -0.39 is 10.0 Å². The summed E-state index contributed by atoms with van der Waals surface area (Å²) in [4.78, 5) is 14.3. The van der Waals surface area contributed by atoms with Crippen molar-refractivity contribution in [1.29, 1.82) is 0 Å². The van der Waals surface area contributed by atoms with Crippen LogP contribution in [-0.2, 0) is 23.1 Å². The molecule has 7 heteroatoms. The molecule has 0 unspecified atom stereocenters. The lowest BCUT2D eigenvalue weighted by atomic mass is 10.1. The van der Waals surface area contributed by atoms with Crippen molar-refractivity contribution < 1.29 is 13.2 Å². The van der Waals surface area contributed by atoms with Crippen LogP contribution >= 0.6 is 0 Å². The highest BCUT2D eigenvalue weighted by Crippen LogP contribution is 2.19. The van der Waals surface area contributed by atoms with Crippen LogP contribution in [0.25, 0.3) is 10.8 Å². The third kappa shape index (κ3) is 4.75. The Balaban J connectivity index is 1.68. The van der Waals surface area contributed by atoms with E-state index >= 15 is 0 Å². The van der Waals surface area contributed by atoms with Gasteiger partial charge in [0.2, 0.25) is 10.0 Å². The Hall–Kier alpha value is -2.90. The van der Waals surface area contributed by atoms with Gasteiger partial charge in [0.25, 0.3) is 0 Å². The number of fused-ring (bicyclic) bond motifs is 1. The molecule has 0 aromatic heterocycles. The molecule has 6 nitrogen and oxygen atoms in total. The molecule has 0 heterocycles. The average Bonchev–Trinajstić information content (AvgIpc) is 2.71. The van der Waals surface area contributed by atoms with Crippen LogP contribution in [0.2, 0.25) is 0 Å². The van der Waals surface area contributed by atoms with E-state index in [1.807, 2.05) is 30.3 Å². The summed E-state index contributed by atoms with van der Waals surface area (Å²) < 4.78 is 26.1. The zero-order valence-corrected chi connectivity index (χ0v) is 17.6. The van der Waals surface area contributed by atoms with Gasteiger partial charge >= 0.3 is 6.03 Å². The highest BCUT2D eigenvalue weighted by atomic mass is 32.2. The standard InChI is InChI=1S/C22H25N3O3S/c1-24(2)29(27,28)21-11-7-6-10-20(21)15-23-22(26)25(3)16-17-12-13-18-8-4-5-9-19(18)14-17/h4-14H,15-16H2,1-3H3,(H,23,26). The second-order valence-corrected chi connectivity index (χ2v) is 9.21. The zero-order chi connectivity index (χ0) is 21.0. The van der Waals surface area contributed by atoms with E-state index in [4.69, 9.17) is 0 Å². The van der Waals surface area contributed by atoms with Gasteiger partial charge in [-0.05, 0) is 34.0 Å². The van der Waals surface area contributed by atoms with Crippen LogP contribution in [0.1, 0.15) is 11.1 Å². The van der Waals surface area contributed by atoms with Gasteiger partial charge in [-0.3, -0.25) is 0 Å². The van der Waals surface area contributed by atoms with E-state index in [1.54, 1.807) is 36.2 Å². The lowest BCUT2D eigenvalue weighted by Crippen LogP contribution is -2.36. The Labute approximate surface area is 171 Å². The molecule has 0 aliphatic rings. The van der Waals surface area contributed by atoms with Gasteiger partial charge in [-0.15, -0.1) is 0 Å². The first-order valence-electron chi connectivity index (χ1n) is 9.26. The first-order chi connectivity index (χ1) is 13.8. The fourth-order valence-corrected chi connectivity index (χ4v) is 4.20. The summed E-state index contributed by atoms with van der Waals surface area (Å²) in [7, 11) is 1.11. The van der Waals surface area contributed by atoms with Crippen LogP contribution in [0.5, 0.6) is 0 Å². The van der Waals surface area contributed by atoms with E-state index in [9.17, 15) is 13.2 Å². The number of carbonyl (C=O) groups is 1. The predicted molar refractivity (Wildman–Crippen MR) is 115 cm³/mol. The Morgan fingerprint density at radius 3 is 2.28 bits per heavy atom. The minimum Gasteiger partial charge on any atom is -0.334 e. The third-order valence-corrected chi connectivity index (χ3v) is 6.66. The molecule has 3 rings (SSSR count). The van der Waals surface area contributed by atoms with Crippen LogP contribution in [0, 0.1) is 0 Å². The Morgan fingerprint density at radius 2 is 1.55 bits per heavy atom. The number of amides is 2. The smallest absolute Gasteiger partial charge is 0.317 e. The molecule has 0 spiro atoms. The highest BCUT2D eigenvalue weighted by molar-refractivity contribution is 7.89. The van der Waals surface area contributed by atoms with Crippen molar-refractivity contribution in [1.82, 2.24) is 14.5 Å². The number of nitrogens with one attached hydrogen (secondary N) is 1. The summed E-state index contributed by atoms with van der Waals surface area (Å²) in [5, 5.41) is 5.09. The monoisotopic (exact) mass is 411 g/mol.